The van der Waals surface area contributed by atoms with Crippen molar-refractivity contribution >= 4 is 16.7 Å². The second-order valence-electron chi connectivity index (χ2n) is 5.99. The van der Waals surface area contributed by atoms with Gasteiger partial charge in [0.15, 0.2) is 0 Å². The summed E-state index contributed by atoms with van der Waals surface area (Å²) in [6, 6.07) is 4.55. The number of nitrogens with zero attached hydrogens (tertiary/aromatic N) is 1. The molecule has 2 nitrogen and oxygen atoms in total. The fraction of sp³-hybridized carbons (Fsp3) is 0.471. The van der Waals surface area contributed by atoms with Gasteiger partial charge in [-0.2, -0.15) is 0 Å². The second kappa shape index (κ2) is 4.52. The number of rotatable bonds is 1. The molecule has 1 fully saturated rings. The maximum Gasteiger partial charge on any atom is 0.132 e. The number of fused-ring (bicyclic) bond motifs is 1. The zero-order valence-corrected chi connectivity index (χ0v) is 12.0. The third kappa shape index (κ3) is 2.09. The Labute approximate surface area is 114 Å². The fourth-order valence-corrected chi connectivity index (χ4v) is 3.57. The molecule has 0 bridgehead atoms. The van der Waals surface area contributed by atoms with Crippen molar-refractivity contribution in [3.05, 3.63) is 35.0 Å². The number of ketones is 1. The quantitative estimate of drug-likeness (QED) is 0.754. The molecule has 1 saturated carbocycles. The molecule has 0 atom stereocenters. The van der Waals surface area contributed by atoms with Gasteiger partial charge in [-0.1, -0.05) is 11.6 Å². The Bertz CT molecular complexity index is 641. The van der Waals surface area contributed by atoms with E-state index in [1.54, 1.807) is 0 Å². The number of carbonyl (C=O) groups excluding carboxylic acids is 1. The molecule has 0 spiro atoms. The monoisotopic (exact) mass is 255 g/mol. The molecule has 19 heavy (non-hydrogen) atoms. The average molecular weight is 255 g/mol. The van der Waals surface area contributed by atoms with Crippen molar-refractivity contribution in [2.75, 3.05) is 0 Å². The Kier molecular flexibility index (Phi) is 2.96. The lowest BCUT2D eigenvalue weighted by Gasteiger charge is -2.20. The minimum atomic E-state index is 0.434. The Morgan fingerprint density at radius 2 is 1.84 bits per heavy atom. The van der Waals surface area contributed by atoms with Crippen LogP contribution in [0, 0.1) is 13.8 Å². The Morgan fingerprint density at radius 1 is 1.16 bits per heavy atom. The average Bonchev–Trinajstić information content (AvgIpc) is 2.67. The summed E-state index contributed by atoms with van der Waals surface area (Å²) in [6.45, 7) is 4.34. The first-order chi connectivity index (χ1) is 9.06. The van der Waals surface area contributed by atoms with E-state index in [4.69, 9.17) is 0 Å². The standard InChI is InChI=1S/C17H21NO/c1-11-8-12(2)17-15(9-11)16(10-18(17)3)13-4-6-14(19)7-5-13/h8-10,13H,4-7H2,1-3H3. The van der Waals surface area contributed by atoms with Crippen LogP contribution < -0.4 is 0 Å². The van der Waals surface area contributed by atoms with Crippen LogP contribution in [0.4, 0.5) is 0 Å². The van der Waals surface area contributed by atoms with Crippen molar-refractivity contribution in [1.82, 2.24) is 4.57 Å². The molecule has 2 heteroatoms. The summed E-state index contributed by atoms with van der Waals surface area (Å²) < 4.78 is 2.25. The highest BCUT2D eigenvalue weighted by Crippen LogP contribution is 2.37. The highest BCUT2D eigenvalue weighted by molar-refractivity contribution is 5.88. The van der Waals surface area contributed by atoms with Crippen LogP contribution in [0.1, 0.15) is 48.3 Å². The second-order valence-corrected chi connectivity index (χ2v) is 5.99. The summed E-state index contributed by atoms with van der Waals surface area (Å²) in [4.78, 5) is 11.4. The molecule has 100 valence electrons. The number of aryl methyl sites for hydroxylation is 3. The summed E-state index contributed by atoms with van der Waals surface area (Å²) in [5.41, 5.74) is 5.45. The molecule has 1 aromatic heterocycles. The van der Waals surface area contributed by atoms with E-state index in [2.05, 4.69) is 43.8 Å². The van der Waals surface area contributed by atoms with Crippen molar-refractivity contribution < 1.29 is 4.79 Å². The van der Waals surface area contributed by atoms with Gasteiger partial charge in [-0.15, -0.1) is 0 Å². The van der Waals surface area contributed by atoms with Crippen LogP contribution in [0.2, 0.25) is 0 Å². The number of hydrogen-bond acceptors (Lipinski definition) is 1. The summed E-state index contributed by atoms with van der Waals surface area (Å²) in [6.07, 6.45) is 5.82. The van der Waals surface area contributed by atoms with Crippen LogP contribution >= 0.6 is 0 Å². The first-order valence-electron chi connectivity index (χ1n) is 7.14. The van der Waals surface area contributed by atoms with E-state index in [0.29, 0.717) is 11.7 Å². The normalized spacial score (nSPS) is 17.3. The van der Waals surface area contributed by atoms with E-state index in [0.717, 1.165) is 25.7 Å². The minimum Gasteiger partial charge on any atom is -0.350 e. The number of aromatic nitrogens is 1. The zero-order chi connectivity index (χ0) is 13.6. The molecule has 0 unspecified atom stereocenters. The van der Waals surface area contributed by atoms with Crippen molar-refractivity contribution in [2.24, 2.45) is 7.05 Å². The van der Waals surface area contributed by atoms with Gasteiger partial charge in [0.05, 0.1) is 5.52 Å². The summed E-state index contributed by atoms with van der Waals surface area (Å²) in [7, 11) is 2.13. The van der Waals surface area contributed by atoms with Gasteiger partial charge in [0.25, 0.3) is 0 Å². The zero-order valence-electron chi connectivity index (χ0n) is 12.0. The van der Waals surface area contributed by atoms with Crippen molar-refractivity contribution in [1.29, 1.82) is 0 Å². The van der Waals surface area contributed by atoms with E-state index in [-0.39, 0.29) is 0 Å². The molecule has 0 saturated heterocycles. The number of Topliss-reactive ketones (excluding diaryl/α,β-unsaturated/α-hetero) is 1. The van der Waals surface area contributed by atoms with Crippen LogP contribution in [0.3, 0.4) is 0 Å². The van der Waals surface area contributed by atoms with Gasteiger partial charge < -0.3 is 4.57 Å². The van der Waals surface area contributed by atoms with Gasteiger partial charge in [-0.3, -0.25) is 4.79 Å². The summed E-state index contributed by atoms with van der Waals surface area (Å²) in [5, 5.41) is 1.39. The molecule has 0 aliphatic heterocycles. The summed E-state index contributed by atoms with van der Waals surface area (Å²) >= 11 is 0. The smallest absolute Gasteiger partial charge is 0.132 e. The topological polar surface area (TPSA) is 22.0 Å². The number of hydrogen-bond donors (Lipinski definition) is 0. The van der Waals surface area contributed by atoms with Crippen LogP contribution in [0.25, 0.3) is 10.9 Å². The molecular formula is C17H21NO. The van der Waals surface area contributed by atoms with Gasteiger partial charge >= 0.3 is 0 Å². The Morgan fingerprint density at radius 3 is 2.53 bits per heavy atom. The first-order valence-corrected chi connectivity index (χ1v) is 7.14. The molecule has 1 aromatic carbocycles. The van der Waals surface area contributed by atoms with Gasteiger partial charge in [0.1, 0.15) is 5.78 Å². The third-order valence-electron chi connectivity index (χ3n) is 4.42. The molecule has 0 N–H and O–H groups in total. The van der Waals surface area contributed by atoms with E-state index in [1.165, 1.54) is 27.6 Å². The molecule has 1 heterocycles. The third-order valence-corrected chi connectivity index (χ3v) is 4.42. The lowest BCUT2D eigenvalue weighted by molar-refractivity contribution is -0.120. The highest BCUT2D eigenvalue weighted by Gasteiger charge is 2.23. The SMILES string of the molecule is Cc1cc(C)c2c(c1)c(C1CCC(=O)CC1)cn2C. The van der Waals surface area contributed by atoms with E-state index in [9.17, 15) is 4.79 Å². The maximum atomic E-state index is 11.4. The molecule has 0 amide bonds. The largest absolute Gasteiger partial charge is 0.350 e. The van der Waals surface area contributed by atoms with E-state index in [1.807, 2.05) is 0 Å². The number of carbonyl (C=O) groups is 1. The Hall–Kier alpha value is -1.57. The van der Waals surface area contributed by atoms with Gasteiger partial charge in [0.2, 0.25) is 0 Å². The fourth-order valence-electron chi connectivity index (χ4n) is 3.57. The van der Waals surface area contributed by atoms with Crippen molar-refractivity contribution in [3.63, 3.8) is 0 Å². The maximum absolute atomic E-state index is 11.4. The van der Waals surface area contributed by atoms with Crippen LogP contribution in [0.15, 0.2) is 18.3 Å². The highest BCUT2D eigenvalue weighted by atomic mass is 16.1. The molecule has 1 aliphatic rings. The van der Waals surface area contributed by atoms with E-state index < -0.39 is 0 Å². The van der Waals surface area contributed by atoms with E-state index >= 15 is 0 Å². The lowest BCUT2D eigenvalue weighted by Crippen LogP contribution is -2.12. The van der Waals surface area contributed by atoms with Crippen LogP contribution in [-0.2, 0) is 11.8 Å². The van der Waals surface area contributed by atoms with Crippen LogP contribution in [0.5, 0.6) is 0 Å². The summed E-state index contributed by atoms with van der Waals surface area (Å²) in [5.74, 6) is 0.992. The first kappa shape index (κ1) is 12.5. The molecule has 1 aliphatic carbocycles. The predicted molar refractivity (Wildman–Crippen MR) is 78.6 cm³/mol. The van der Waals surface area contributed by atoms with Crippen molar-refractivity contribution in [3.8, 4) is 0 Å². The van der Waals surface area contributed by atoms with Gasteiger partial charge in [0, 0.05) is 31.5 Å². The molecule has 2 aromatic rings. The van der Waals surface area contributed by atoms with Crippen LogP contribution in [-0.4, -0.2) is 10.4 Å². The molecular weight excluding hydrogens is 234 g/mol. The van der Waals surface area contributed by atoms with Gasteiger partial charge in [-0.25, -0.2) is 0 Å². The van der Waals surface area contributed by atoms with Gasteiger partial charge in [-0.05, 0) is 49.8 Å². The number of benzene rings is 1. The minimum absolute atomic E-state index is 0.434. The Balaban J connectivity index is 2.11. The molecule has 3 rings (SSSR count). The molecule has 0 radical (unpaired) electrons. The predicted octanol–water partition coefficient (Wildman–Crippen LogP) is 4.02. The van der Waals surface area contributed by atoms with Crippen molar-refractivity contribution in [2.45, 2.75) is 45.4 Å². The lowest BCUT2D eigenvalue weighted by atomic mass is 9.83.